The summed E-state index contributed by atoms with van der Waals surface area (Å²) in [5, 5.41) is 8.60. The van der Waals surface area contributed by atoms with Gasteiger partial charge in [0.15, 0.2) is 5.13 Å². The van der Waals surface area contributed by atoms with Gasteiger partial charge in [0.25, 0.3) is 5.91 Å². The molecule has 2 aromatic heterocycles. The minimum Gasteiger partial charge on any atom is -0.368 e. The van der Waals surface area contributed by atoms with Crippen molar-refractivity contribution in [3.8, 4) is 0 Å². The molecule has 27 heavy (non-hydrogen) atoms. The molecule has 2 aliphatic rings. The van der Waals surface area contributed by atoms with Crippen LogP contribution in [-0.2, 0) is 4.79 Å². The number of thiazole rings is 1. The first-order valence-corrected chi connectivity index (χ1v) is 10.1. The highest BCUT2D eigenvalue weighted by atomic mass is 32.1. The van der Waals surface area contributed by atoms with Crippen LogP contribution in [0.3, 0.4) is 0 Å². The van der Waals surface area contributed by atoms with Crippen molar-refractivity contribution in [2.45, 2.75) is 19.3 Å². The Morgan fingerprint density at radius 1 is 1.22 bits per heavy atom. The quantitative estimate of drug-likeness (QED) is 0.832. The van der Waals surface area contributed by atoms with E-state index in [4.69, 9.17) is 0 Å². The Hall–Kier alpha value is -2.52. The first-order chi connectivity index (χ1) is 13.2. The minimum absolute atomic E-state index is 0.0700. The molecule has 2 aromatic rings. The Morgan fingerprint density at radius 3 is 3.00 bits per heavy atom. The second-order valence-electron chi connectivity index (χ2n) is 6.60. The molecule has 0 saturated carbocycles. The van der Waals surface area contributed by atoms with Crippen molar-refractivity contribution in [2.75, 3.05) is 47.8 Å². The normalized spacial score (nSPS) is 17.9. The van der Waals surface area contributed by atoms with Crippen LogP contribution in [-0.4, -0.2) is 54.5 Å². The zero-order valence-corrected chi connectivity index (χ0v) is 15.8. The average Bonchev–Trinajstić information content (AvgIpc) is 3.24. The smallest absolute Gasteiger partial charge is 0.275 e. The van der Waals surface area contributed by atoms with Gasteiger partial charge in [0.05, 0.1) is 17.6 Å². The number of nitrogens with one attached hydrogen (secondary N) is 2. The Morgan fingerprint density at radius 2 is 2.15 bits per heavy atom. The molecule has 2 N–H and O–H groups in total. The average molecular weight is 386 g/mol. The van der Waals surface area contributed by atoms with E-state index in [-0.39, 0.29) is 11.8 Å². The molecule has 8 nitrogen and oxygen atoms in total. The maximum atomic E-state index is 12.7. The van der Waals surface area contributed by atoms with Gasteiger partial charge in [0, 0.05) is 44.2 Å². The van der Waals surface area contributed by atoms with Crippen molar-refractivity contribution < 1.29 is 9.59 Å². The number of carbonyl (C=O) groups is 2. The van der Waals surface area contributed by atoms with E-state index in [9.17, 15) is 9.59 Å². The molecule has 0 unspecified atom stereocenters. The second kappa shape index (κ2) is 8.01. The lowest BCUT2D eigenvalue weighted by atomic mass is 10.2. The van der Waals surface area contributed by atoms with Gasteiger partial charge in [-0.15, -0.1) is 11.3 Å². The van der Waals surface area contributed by atoms with Gasteiger partial charge in [-0.25, -0.2) is 4.98 Å². The number of anilines is 3. The lowest BCUT2D eigenvalue weighted by Crippen LogP contribution is -2.29. The Balaban J connectivity index is 1.50. The number of hydrogen-bond donors (Lipinski definition) is 2. The molecule has 4 rings (SSSR count). The van der Waals surface area contributed by atoms with Crippen LogP contribution in [0, 0.1) is 0 Å². The maximum absolute atomic E-state index is 12.7. The molecule has 9 heteroatoms. The first kappa shape index (κ1) is 17.9. The fraction of sp³-hybridized carbons (Fsp3) is 0.444. The molecule has 0 aliphatic carbocycles. The molecule has 0 atom stereocenters. The van der Waals surface area contributed by atoms with Gasteiger partial charge in [-0.3, -0.25) is 19.5 Å². The summed E-state index contributed by atoms with van der Waals surface area (Å²) in [6.07, 6.45) is 5.84. The fourth-order valence-electron chi connectivity index (χ4n) is 3.38. The molecule has 2 aliphatic heterocycles. The number of nitrogens with zero attached hydrogens (tertiary/aromatic N) is 4. The summed E-state index contributed by atoms with van der Waals surface area (Å²) in [4.78, 5) is 37.0. The summed E-state index contributed by atoms with van der Waals surface area (Å²) in [7, 11) is 0. The zero-order valence-electron chi connectivity index (χ0n) is 15.0. The molecule has 0 aromatic carbocycles. The highest BCUT2D eigenvalue weighted by molar-refractivity contribution is 7.14. The first-order valence-electron chi connectivity index (χ1n) is 9.19. The highest BCUT2D eigenvalue weighted by Gasteiger charge is 2.25. The van der Waals surface area contributed by atoms with Gasteiger partial charge in [-0.2, -0.15) is 0 Å². The lowest BCUT2D eigenvalue weighted by molar-refractivity contribution is -0.117. The number of pyridine rings is 1. The summed E-state index contributed by atoms with van der Waals surface area (Å²) in [6.45, 7) is 4.39. The van der Waals surface area contributed by atoms with Crippen LogP contribution in [0.4, 0.5) is 16.5 Å². The Bertz CT molecular complexity index is 831. The zero-order chi connectivity index (χ0) is 18.6. The van der Waals surface area contributed by atoms with Crippen LogP contribution in [0.1, 0.15) is 29.8 Å². The summed E-state index contributed by atoms with van der Waals surface area (Å²) in [5.74, 6) is -0.216. The second-order valence-corrected chi connectivity index (χ2v) is 7.44. The van der Waals surface area contributed by atoms with Crippen molar-refractivity contribution in [3.63, 3.8) is 0 Å². The predicted molar refractivity (Wildman–Crippen MR) is 106 cm³/mol. The van der Waals surface area contributed by atoms with E-state index in [1.807, 2.05) is 6.07 Å². The SMILES string of the molecule is O=C(Nc1cnccc1N1CCCNCC1)c1csc(N2CCCC2=O)n1. The molecule has 142 valence electrons. The summed E-state index contributed by atoms with van der Waals surface area (Å²) in [5.41, 5.74) is 1.96. The van der Waals surface area contributed by atoms with E-state index in [1.165, 1.54) is 11.3 Å². The Kier molecular flexibility index (Phi) is 5.30. The monoisotopic (exact) mass is 386 g/mol. The van der Waals surface area contributed by atoms with E-state index < -0.39 is 0 Å². The van der Waals surface area contributed by atoms with Gasteiger partial charge in [0.1, 0.15) is 5.69 Å². The van der Waals surface area contributed by atoms with Crippen molar-refractivity contribution in [2.24, 2.45) is 0 Å². The number of amides is 2. The van der Waals surface area contributed by atoms with Gasteiger partial charge < -0.3 is 15.5 Å². The topological polar surface area (TPSA) is 90.5 Å². The Labute approximate surface area is 161 Å². The highest BCUT2D eigenvalue weighted by Crippen LogP contribution is 2.28. The van der Waals surface area contributed by atoms with E-state index in [2.05, 4.69) is 25.5 Å². The number of rotatable bonds is 4. The van der Waals surface area contributed by atoms with Crippen LogP contribution in [0.5, 0.6) is 0 Å². The summed E-state index contributed by atoms with van der Waals surface area (Å²) in [6, 6.07) is 1.93. The van der Waals surface area contributed by atoms with Crippen molar-refractivity contribution >= 4 is 39.7 Å². The molecule has 2 saturated heterocycles. The molecule has 0 radical (unpaired) electrons. The number of hydrogen-bond acceptors (Lipinski definition) is 7. The van der Waals surface area contributed by atoms with Gasteiger partial charge in [-0.1, -0.05) is 0 Å². The maximum Gasteiger partial charge on any atom is 0.275 e. The molecule has 4 heterocycles. The van der Waals surface area contributed by atoms with Crippen molar-refractivity contribution in [1.29, 1.82) is 0 Å². The molecule has 0 spiro atoms. The largest absolute Gasteiger partial charge is 0.368 e. The van der Waals surface area contributed by atoms with Gasteiger partial charge in [-0.05, 0) is 25.5 Å². The van der Waals surface area contributed by atoms with E-state index in [1.54, 1.807) is 22.7 Å². The molecule has 0 bridgehead atoms. The van der Waals surface area contributed by atoms with Crippen LogP contribution in [0.25, 0.3) is 0 Å². The predicted octanol–water partition coefficient (Wildman–Crippen LogP) is 1.72. The van der Waals surface area contributed by atoms with Crippen molar-refractivity contribution in [1.82, 2.24) is 15.3 Å². The van der Waals surface area contributed by atoms with Crippen LogP contribution >= 0.6 is 11.3 Å². The standard InChI is InChI=1S/C18H22N6O2S/c25-16-3-1-9-24(16)18-22-14(12-27-18)17(26)21-13-11-20-6-4-15(13)23-8-2-5-19-7-10-23/h4,6,11-12,19H,1-3,5,7-10H2,(H,21,26). The fourth-order valence-corrected chi connectivity index (χ4v) is 4.22. The van der Waals surface area contributed by atoms with Crippen LogP contribution in [0.15, 0.2) is 23.8 Å². The third-order valence-corrected chi connectivity index (χ3v) is 5.62. The van der Waals surface area contributed by atoms with Crippen LogP contribution < -0.4 is 20.4 Å². The number of aromatic nitrogens is 2. The molecular formula is C18H22N6O2S. The molecule has 2 amide bonds. The third kappa shape index (κ3) is 3.93. The third-order valence-electron chi connectivity index (χ3n) is 4.76. The summed E-state index contributed by atoms with van der Waals surface area (Å²) >= 11 is 1.32. The van der Waals surface area contributed by atoms with E-state index >= 15 is 0 Å². The van der Waals surface area contributed by atoms with Crippen molar-refractivity contribution in [3.05, 3.63) is 29.5 Å². The van der Waals surface area contributed by atoms with E-state index in [0.29, 0.717) is 29.5 Å². The minimum atomic E-state index is -0.286. The van der Waals surface area contributed by atoms with Gasteiger partial charge in [0.2, 0.25) is 5.91 Å². The molecular weight excluding hydrogens is 364 g/mol. The molecule has 2 fully saturated rings. The number of carbonyl (C=O) groups excluding carboxylic acids is 2. The van der Waals surface area contributed by atoms with Crippen LogP contribution in [0.2, 0.25) is 0 Å². The summed E-state index contributed by atoms with van der Waals surface area (Å²) < 4.78 is 0. The van der Waals surface area contributed by atoms with E-state index in [0.717, 1.165) is 44.7 Å². The lowest BCUT2D eigenvalue weighted by Gasteiger charge is -2.24. The van der Waals surface area contributed by atoms with Gasteiger partial charge >= 0.3 is 0 Å².